The zero-order chi connectivity index (χ0) is 56.7. The largest absolute Gasteiger partial charge is 0.423 e. The van der Waals surface area contributed by atoms with E-state index in [0.29, 0.717) is 78.6 Å². The minimum atomic E-state index is -0.570. The summed E-state index contributed by atoms with van der Waals surface area (Å²) in [7, 11) is 15.3. The number of esters is 4. The van der Waals surface area contributed by atoms with Crippen LogP contribution >= 0.6 is 0 Å². The Hall–Kier alpha value is -9.16. The van der Waals surface area contributed by atoms with E-state index in [-0.39, 0.29) is 19.3 Å². The normalized spacial score (nSPS) is 10.9. The van der Waals surface area contributed by atoms with E-state index in [9.17, 15) is 19.2 Å². The Morgan fingerprint density at radius 3 is 0.835 bits per heavy atom. The van der Waals surface area contributed by atoms with E-state index in [2.05, 4.69) is 0 Å². The monoisotopic (exact) mass is 1060 g/mol. The number of benzene rings is 8. The highest BCUT2D eigenvalue weighted by Crippen LogP contribution is 2.39. The molecule has 12 nitrogen and oxygen atoms in total. The molecule has 0 amide bonds. The van der Waals surface area contributed by atoms with Gasteiger partial charge in [0.15, 0.2) is 0 Å². The summed E-state index contributed by atoms with van der Waals surface area (Å²) >= 11 is 0. The minimum absolute atomic E-state index is 0.153. The van der Waals surface area contributed by atoms with Crippen LogP contribution in [-0.2, 0) is 19.3 Å². The zero-order valence-corrected chi connectivity index (χ0v) is 47.2. The Bertz CT molecular complexity index is 3360. The average Bonchev–Trinajstić information content (AvgIpc) is 3.47. The van der Waals surface area contributed by atoms with Crippen LogP contribution in [0.2, 0.25) is 0 Å². The molecule has 0 aliphatic heterocycles. The van der Waals surface area contributed by atoms with Crippen LogP contribution in [0.15, 0.2) is 158 Å². The molecule has 0 N–H and O–H groups in total. The van der Waals surface area contributed by atoms with E-state index in [1.165, 1.54) is 0 Å². The molecule has 8 aromatic carbocycles. The fourth-order valence-corrected chi connectivity index (χ4v) is 9.42. The third kappa shape index (κ3) is 13.9. The maximum atomic E-state index is 14.6. The SMILES string of the molecule is Cc1ccc(OC(=O)c2cccc(N(C)C)c2)c(Cc2cc(C)cc(Cc3cc(C)cc(Cc4cc(C)ccc4OC(=O)c4cccc(N(C)C)c4)c3OC(=O)c3cccc(N(C)C)c3)c2OC(=O)c2cccc(N(C)C)c2)c1. The molecular weight excluding hydrogens is 989 g/mol. The number of ether oxygens (including phenoxy) is 4. The number of hydrogen-bond acceptors (Lipinski definition) is 12. The Kier molecular flexibility index (Phi) is 17.3. The van der Waals surface area contributed by atoms with Gasteiger partial charge < -0.3 is 38.5 Å². The molecule has 0 atom stereocenters. The maximum Gasteiger partial charge on any atom is 0.343 e. The summed E-state index contributed by atoms with van der Waals surface area (Å²) in [6, 6.07) is 48.2. The van der Waals surface area contributed by atoms with Crippen molar-refractivity contribution in [3.05, 3.63) is 236 Å². The Labute approximate surface area is 464 Å². The van der Waals surface area contributed by atoms with Gasteiger partial charge in [-0.3, -0.25) is 0 Å². The Balaban J connectivity index is 1.26. The smallest absolute Gasteiger partial charge is 0.343 e. The molecule has 0 radical (unpaired) electrons. The molecule has 0 bridgehead atoms. The molecule has 0 aliphatic rings. The summed E-state index contributed by atoms with van der Waals surface area (Å²) in [5, 5.41) is 0. The zero-order valence-electron chi connectivity index (χ0n) is 47.2. The molecule has 0 saturated heterocycles. The first-order valence-electron chi connectivity index (χ1n) is 26.1. The van der Waals surface area contributed by atoms with Crippen LogP contribution in [0.4, 0.5) is 22.7 Å². The molecule has 0 saturated carbocycles. The fraction of sp³-hybridized carbons (Fsp3) is 0.224. The second-order valence-corrected chi connectivity index (χ2v) is 20.9. The van der Waals surface area contributed by atoms with E-state index in [1.807, 2.05) is 201 Å². The maximum absolute atomic E-state index is 14.6. The fourth-order valence-electron chi connectivity index (χ4n) is 9.42. The highest BCUT2D eigenvalue weighted by Gasteiger charge is 2.25. The lowest BCUT2D eigenvalue weighted by Crippen LogP contribution is -2.16. The Morgan fingerprint density at radius 2 is 0.557 bits per heavy atom. The van der Waals surface area contributed by atoms with Gasteiger partial charge in [-0.1, -0.05) is 95.1 Å². The number of rotatable bonds is 18. The number of aryl methyl sites for hydroxylation is 4. The number of anilines is 4. The van der Waals surface area contributed by atoms with Gasteiger partial charge in [-0.2, -0.15) is 0 Å². The van der Waals surface area contributed by atoms with Gasteiger partial charge in [0.1, 0.15) is 23.0 Å². The predicted molar refractivity (Wildman–Crippen MR) is 316 cm³/mol. The molecule has 0 aliphatic carbocycles. The van der Waals surface area contributed by atoms with E-state index < -0.39 is 23.9 Å². The molecule has 0 fully saturated rings. The van der Waals surface area contributed by atoms with Gasteiger partial charge in [0, 0.05) is 98.4 Å². The summed E-state index contributed by atoms with van der Waals surface area (Å²) in [5.74, 6) is -0.807. The van der Waals surface area contributed by atoms with Gasteiger partial charge in [0.2, 0.25) is 0 Å². The van der Waals surface area contributed by atoms with Crippen molar-refractivity contribution in [2.45, 2.75) is 47.0 Å². The highest BCUT2D eigenvalue weighted by molar-refractivity contribution is 5.95. The molecule has 0 spiro atoms. The Morgan fingerprint density at radius 1 is 0.304 bits per heavy atom. The van der Waals surface area contributed by atoms with Crippen LogP contribution in [0.25, 0.3) is 0 Å². The minimum Gasteiger partial charge on any atom is -0.423 e. The lowest BCUT2D eigenvalue weighted by Gasteiger charge is -2.21. The lowest BCUT2D eigenvalue weighted by molar-refractivity contribution is 0.0722. The van der Waals surface area contributed by atoms with Gasteiger partial charge >= 0.3 is 23.9 Å². The van der Waals surface area contributed by atoms with Crippen LogP contribution < -0.4 is 38.5 Å². The average molecular weight is 1060 g/mol. The molecule has 79 heavy (non-hydrogen) atoms. The summed E-state index contributed by atoms with van der Waals surface area (Å²) in [5.41, 5.74) is 12.5. The van der Waals surface area contributed by atoms with Crippen molar-refractivity contribution in [3.63, 3.8) is 0 Å². The van der Waals surface area contributed by atoms with Gasteiger partial charge in [-0.15, -0.1) is 0 Å². The van der Waals surface area contributed by atoms with Crippen molar-refractivity contribution in [2.24, 2.45) is 0 Å². The second-order valence-electron chi connectivity index (χ2n) is 20.9. The van der Waals surface area contributed by atoms with Gasteiger partial charge in [0.05, 0.1) is 22.3 Å². The molecule has 8 rings (SSSR count). The van der Waals surface area contributed by atoms with Crippen molar-refractivity contribution in [1.29, 1.82) is 0 Å². The molecule has 0 heterocycles. The molecule has 8 aromatic rings. The number of carbonyl (C=O) groups excluding carboxylic acids is 4. The summed E-state index contributed by atoms with van der Waals surface area (Å²) < 4.78 is 25.6. The van der Waals surface area contributed by atoms with Gasteiger partial charge in [-0.25, -0.2) is 19.2 Å². The first kappa shape index (κ1) is 56.1. The summed E-state index contributed by atoms with van der Waals surface area (Å²) in [6.07, 6.45) is 0.586. The molecule has 0 aromatic heterocycles. The van der Waals surface area contributed by atoms with Crippen molar-refractivity contribution < 1.29 is 38.1 Å². The summed E-state index contributed by atoms with van der Waals surface area (Å²) in [4.78, 5) is 64.5. The van der Waals surface area contributed by atoms with Gasteiger partial charge in [-0.05, 0) is 146 Å². The van der Waals surface area contributed by atoms with Crippen molar-refractivity contribution >= 4 is 46.6 Å². The molecule has 404 valence electrons. The van der Waals surface area contributed by atoms with E-state index in [1.54, 1.807) is 60.7 Å². The van der Waals surface area contributed by atoms with E-state index in [0.717, 1.165) is 45.0 Å². The van der Waals surface area contributed by atoms with Crippen LogP contribution in [-0.4, -0.2) is 80.3 Å². The van der Waals surface area contributed by atoms with Crippen LogP contribution in [0.3, 0.4) is 0 Å². The van der Waals surface area contributed by atoms with E-state index in [4.69, 9.17) is 18.9 Å². The molecule has 12 heteroatoms. The van der Waals surface area contributed by atoms with Crippen molar-refractivity contribution in [2.75, 3.05) is 76.0 Å². The number of nitrogens with zero attached hydrogens (tertiary/aromatic N) is 4. The summed E-state index contributed by atoms with van der Waals surface area (Å²) in [6.45, 7) is 7.90. The van der Waals surface area contributed by atoms with Crippen molar-refractivity contribution in [1.82, 2.24) is 0 Å². The number of hydrogen-bond donors (Lipinski definition) is 0. The molecular formula is C67H68N4O8. The first-order valence-corrected chi connectivity index (χ1v) is 26.1. The highest BCUT2D eigenvalue weighted by atomic mass is 16.5. The van der Waals surface area contributed by atoms with Crippen LogP contribution in [0, 0.1) is 27.7 Å². The van der Waals surface area contributed by atoms with Crippen LogP contribution in [0.5, 0.6) is 23.0 Å². The lowest BCUT2D eigenvalue weighted by atomic mass is 9.91. The third-order valence-corrected chi connectivity index (χ3v) is 13.5. The van der Waals surface area contributed by atoms with Gasteiger partial charge in [0.25, 0.3) is 0 Å². The standard InChI is InChI=1S/C67H68N4O8/c1-42-25-27-60(76-64(72)46-17-13-21-56(38-46)68(5)6)50(29-42)35-52-31-44(3)33-54(62(52)78-66(74)48-19-15-23-58(40-48)70(9)10)37-55-34-45(4)32-53(63(55)79-67(75)49-20-16-24-59(41-49)71(11)12)36-51-30-43(2)26-28-61(51)77-65(73)47-18-14-22-57(39-47)69(7)8/h13-34,38-41H,35-37H2,1-12H3. The third-order valence-electron chi connectivity index (χ3n) is 13.5. The van der Waals surface area contributed by atoms with Crippen LogP contribution in [0.1, 0.15) is 97.1 Å². The molecule has 0 unspecified atom stereocenters. The van der Waals surface area contributed by atoms with E-state index >= 15 is 0 Å². The predicted octanol–water partition coefficient (Wildman–Crippen LogP) is 12.8. The number of carbonyl (C=O) groups is 4. The quantitative estimate of drug-likeness (QED) is 0.0601. The second kappa shape index (κ2) is 24.4. The topological polar surface area (TPSA) is 118 Å². The first-order chi connectivity index (χ1) is 37.7. The van der Waals surface area contributed by atoms with Crippen molar-refractivity contribution in [3.8, 4) is 23.0 Å².